The summed E-state index contributed by atoms with van der Waals surface area (Å²) in [6.45, 7) is 4.60. The molecule has 0 bridgehead atoms. The van der Waals surface area contributed by atoms with Gasteiger partial charge in [0.15, 0.2) is 17.5 Å². The van der Waals surface area contributed by atoms with Crippen LogP contribution in [0, 0.1) is 0 Å². The molecule has 11 rings (SSSR count). The van der Waals surface area contributed by atoms with Crippen LogP contribution in [0.5, 0.6) is 0 Å². The van der Waals surface area contributed by atoms with E-state index >= 15 is 0 Å². The van der Waals surface area contributed by atoms with Crippen LogP contribution in [-0.2, 0) is 5.41 Å². The third-order valence-electron chi connectivity index (χ3n) is 11.0. The molecule has 0 fully saturated rings. The number of fused-ring (bicyclic) bond motifs is 9. The number of hydrogen-bond acceptors (Lipinski definition) is 4. The first-order valence-electron chi connectivity index (χ1n) is 18.0. The maximum Gasteiger partial charge on any atom is 0.164 e. The van der Waals surface area contributed by atoms with E-state index in [1.165, 1.54) is 33.0 Å². The number of para-hydroxylation sites is 2. The highest BCUT2D eigenvalue weighted by Crippen LogP contribution is 2.49. The number of nitrogens with zero attached hydrogens (tertiary/aromatic N) is 4. The van der Waals surface area contributed by atoms with Gasteiger partial charge in [-0.1, -0.05) is 117 Å². The van der Waals surface area contributed by atoms with E-state index in [1.54, 1.807) is 0 Å². The van der Waals surface area contributed by atoms with Crippen molar-refractivity contribution in [2.24, 2.45) is 0 Å². The lowest BCUT2D eigenvalue weighted by Gasteiger charge is -2.21. The molecule has 0 radical (unpaired) electrons. The Morgan fingerprint density at radius 1 is 0.434 bits per heavy atom. The summed E-state index contributed by atoms with van der Waals surface area (Å²) in [6, 6.07) is 55.3. The van der Waals surface area contributed by atoms with E-state index in [2.05, 4.69) is 152 Å². The van der Waals surface area contributed by atoms with E-state index in [1.807, 2.05) is 24.3 Å². The lowest BCUT2D eigenvalue weighted by Crippen LogP contribution is -2.15. The van der Waals surface area contributed by atoms with Crippen molar-refractivity contribution in [1.82, 2.24) is 19.5 Å². The number of furan rings is 1. The van der Waals surface area contributed by atoms with Gasteiger partial charge in [-0.05, 0) is 70.8 Å². The average molecular weight is 681 g/mol. The fourth-order valence-electron chi connectivity index (χ4n) is 8.43. The molecule has 3 heterocycles. The molecule has 250 valence electrons. The molecule has 0 N–H and O–H groups in total. The van der Waals surface area contributed by atoms with Crippen molar-refractivity contribution in [1.29, 1.82) is 0 Å². The minimum atomic E-state index is -0.133. The van der Waals surface area contributed by atoms with E-state index in [-0.39, 0.29) is 5.41 Å². The molecule has 0 saturated carbocycles. The maximum atomic E-state index is 6.55. The highest BCUT2D eigenvalue weighted by molar-refractivity contribution is 6.17. The number of hydrogen-bond donors (Lipinski definition) is 0. The molecule has 0 atom stereocenters. The van der Waals surface area contributed by atoms with Gasteiger partial charge in [0.1, 0.15) is 11.2 Å². The van der Waals surface area contributed by atoms with Crippen molar-refractivity contribution >= 4 is 43.7 Å². The van der Waals surface area contributed by atoms with Crippen molar-refractivity contribution in [2.45, 2.75) is 19.3 Å². The predicted octanol–water partition coefficient (Wildman–Crippen LogP) is 12.2. The van der Waals surface area contributed by atoms with Gasteiger partial charge in [0.25, 0.3) is 0 Å². The molecule has 5 heteroatoms. The SMILES string of the molecule is CC1(C)c2ccccc2-c2ccc(-c3nc(-c4ccccc4)nc(-c4ccc5oc6cc7c(cc6c5c4)c4ccccc4n7-c4ccccc4)n3)cc21. The van der Waals surface area contributed by atoms with Crippen LogP contribution in [0.25, 0.3) is 94.7 Å². The second-order valence-corrected chi connectivity index (χ2v) is 14.5. The molecule has 53 heavy (non-hydrogen) atoms. The molecule has 7 aromatic carbocycles. The van der Waals surface area contributed by atoms with Gasteiger partial charge >= 0.3 is 0 Å². The lowest BCUT2D eigenvalue weighted by molar-refractivity contribution is 0.660. The summed E-state index contributed by atoms with van der Waals surface area (Å²) < 4.78 is 8.87. The van der Waals surface area contributed by atoms with Gasteiger partial charge in [0.05, 0.1) is 11.0 Å². The Balaban J connectivity index is 1.10. The molecule has 10 aromatic rings. The molecule has 0 amide bonds. The van der Waals surface area contributed by atoms with Crippen molar-refractivity contribution < 1.29 is 4.42 Å². The van der Waals surface area contributed by atoms with E-state index in [9.17, 15) is 0 Å². The predicted molar refractivity (Wildman–Crippen MR) is 215 cm³/mol. The summed E-state index contributed by atoms with van der Waals surface area (Å²) in [5, 5.41) is 4.47. The second kappa shape index (κ2) is 11.1. The molecule has 0 saturated heterocycles. The molecule has 3 aromatic heterocycles. The Bertz CT molecular complexity index is 3080. The Labute approximate surface area is 305 Å². The highest BCUT2D eigenvalue weighted by Gasteiger charge is 2.35. The van der Waals surface area contributed by atoms with Crippen LogP contribution in [0.4, 0.5) is 0 Å². The van der Waals surface area contributed by atoms with E-state index in [0.29, 0.717) is 17.5 Å². The normalized spacial score (nSPS) is 13.2. The molecular formula is C48H32N4O. The molecule has 5 nitrogen and oxygen atoms in total. The van der Waals surface area contributed by atoms with Gasteiger partial charge in [0.2, 0.25) is 0 Å². The van der Waals surface area contributed by atoms with Crippen LogP contribution in [0.1, 0.15) is 25.0 Å². The Morgan fingerprint density at radius 2 is 1.06 bits per heavy atom. The average Bonchev–Trinajstić information content (AvgIpc) is 3.81. The molecule has 0 unspecified atom stereocenters. The molecule has 0 aliphatic heterocycles. The second-order valence-electron chi connectivity index (χ2n) is 14.5. The van der Waals surface area contributed by atoms with Crippen LogP contribution in [0.3, 0.4) is 0 Å². The topological polar surface area (TPSA) is 56.7 Å². The molecule has 0 spiro atoms. The Kier molecular flexibility index (Phi) is 6.23. The van der Waals surface area contributed by atoms with Gasteiger partial charge < -0.3 is 8.98 Å². The van der Waals surface area contributed by atoms with Gasteiger partial charge in [-0.25, -0.2) is 15.0 Å². The minimum Gasteiger partial charge on any atom is -0.456 e. The smallest absolute Gasteiger partial charge is 0.164 e. The fourth-order valence-corrected chi connectivity index (χ4v) is 8.43. The van der Waals surface area contributed by atoms with Crippen molar-refractivity contribution in [3.05, 3.63) is 169 Å². The Hall–Kier alpha value is -6.85. The molecular weight excluding hydrogens is 649 g/mol. The highest BCUT2D eigenvalue weighted by atomic mass is 16.3. The van der Waals surface area contributed by atoms with Crippen LogP contribution < -0.4 is 0 Å². The van der Waals surface area contributed by atoms with E-state index in [0.717, 1.165) is 55.3 Å². The zero-order chi connectivity index (χ0) is 35.3. The van der Waals surface area contributed by atoms with E-state index in [4.69, 9.17) is 19.4 Å². The lowest BCUT2D eigenvalue weighted by atomic mass is 9.82. The van der Waals surface area contributed by atoms with Crippen LogP contribution in [-0.4, -0.2) is 19.5 Å². The third-order valence-corrected chi connectivity index (χ3v) is 11.0. The van der Waals surface area contributed by atoms with E-state index < -0.39 is 0 Å². The summed E-state index contributed by atoms with van der Waals surface area (Å²) in [7, 11) is 0. The number of aromatic nitrogens is 4. The van der Waals surface area contributed by atoms with Gasteiger partial charge in [-0.2, -0.15) is 0 Å². The van der Waals surface area contributed by atoms with Crippen molar-refractivity contribution in [3.63, 3.8) is 0 Å². The first kappa shape index (κ1) is 29.8. The van der Waals surface area contributed by atoms with Gasteiger partial charge in [-0.15, -0.1) is 0 Å². The zero-order valence-corrected chi connectivity index (χ0v) is 29.2. The number of benzene rings is 7. The largest absolute Gasteiger partial charge is 0.456 e. The maximum absolute atomic E-state index is 6.55. The molecule has 1 aliphatic carbocycles. The third kappa shape index (κ3) is 4.47. The fraction of sp³-hybridized carbons (Fsp3) is 0.0625. The summed E-state index contributed by atoms with van der Waals surface area (Å²) in [4.78, 5) is 15.3. The first-order valence-corrected chi connectivity index (χ1v) is 18.0. The summed E-state index contributed by atoms with van der Waals surface area (Å²) in [5.74, 6) is 1.91. The van der Waals surface area contributed by atoms with Gasteiger partial charge in [0, 0.05) is 55.4 Å². The zero-order valence-electron chi connectivity index (χ0n) is 29.2. The van der Waals surface area contributed by atoms with Crippen LogP contribution >= 0.6 is 0 Å². The number of rotatable bonds is 4. The monoisotopic (exact) mass is 680 g/mol. The first-order chi connectivity index (χ1) is 26.0. The standard InChI is InChI=1S/C48H32N4O/c1-48(2)39-19-11-9-17-33(39)34-23-21-31(26-40(34)48)47-50-45(29-13-5-3-6-14-29)49-46(51-47)30-22-24-43-37(25-30)38-27-36-35-18-10-12-20-41(35)52(32-15-7-4-8-16-32)42(36)28-44(38)53-43/h3-28H,1-2H3. The summed E-state index contributed by atoms with van der Waals surface area (Å²) in [5.41, 5.74) is 12.9. The van der Waals surface area contributed by atoms with Gasteiger partial charge in [-0.3, -0.25) is 0 Å². The van der Waals surface area contributed by atoms with Crippen molar-refractivity contribution in [2.75, 3.05) is 0 Å². The van der Waals surface area contributed by atoms with Crippen molar-refractivity contribution in [3.8, 4) is 51.0 Å². The Morgan fingerprint density at radius 3 is 1.87 bits per heavy atom. The molecule has 1 aliphatic rings. The summed E-state index contributed by atoms with van der Waals surface area (Å²) >= 11 is 0. The van der Waals surface area contributed by atoms with Crippen LogP contribution in [0.15, 0.2) is 162 Å². The van der Waals surface area contributed by atoms with Crippen LogP contribution in [0.2, 0.25) is 0 Å². The summed E-state index contributed by atoms with van der Waals surface area (Å²) in [6.07, 6.45) is 0. The quantitative estimate of drug-likeness (QED) is 0.186. The minimum absolute atomic E-state index is 0.133.